The minimum Gasteiger partial charge on any atom is -0.481 e. The molecule has 2 aromatic rings. The zero-order valence-electron chi connectivity index (χ0n) is 12.3. The van der Waals surface area contributed by atoms with Gasteiger partial charge in [-0.2, -0.15) is 0 Å². The van der Waals surface area contributed by atoms with Gasteiger partial charge in [-0.1, -0.05) is 56.3 Å². The van der Waals surface area contributed by atoms with Crippen molar-refractivity contribution in [1.82, 2.24) is 0 Å². The van der Waals surface area contributed by atoms with Crippen LogP contribution in [0.15, 0.2) is 48.5 Å². The SMILES string of the molecule is Cc1cccc2c1NC(C(C)C)C(c1ccccc1)O2. The molecule has 1 aliphatic heterocycles. The lowest BCUT2D eigenvalue weighted by Crippen LogP contribution is -2.39. The molecule has 0 radical (unpaired) electrons. The fourth-order valence-corrected chi connectivity index (χ4v) is 2.81. The number of anilines is 1. The largest absolute Gasteiger partial charge is 0.481 e. The molecule has 2 nitrogen and oxygen atoms in total. The maximum atomic E-state index is 6.31. The second-order valence-corrected chi connectivity index (χ2v) is 5.81. The Morgan fingerprint density at radius 1 is 1.00 bits per heavy atom. The number of hydrogen-bond acceptors (Lipinski definition) is 2. The van der Waals surface area contributed by atoms with Crippen molar-refractivity contribution in [1.29, 1.82) is 0 Å². The van der Waals surface area contributed by atoms with Crippen LogP contribution >= 0.6 is 0 Å². The summed E-state index contributed by atoms with van der Waals surface area (Å²) in [5, 5.41) is 3.69. The third-order valence-corrected chi connectivity index (χ3v) is 3.97. The Bertz CT molecular complexity index is 592. The number of hydrogen-bond donors (Lipinski definition) is 1. The van der Waals surface area contributed by atoms with E-state index < -0.39 is 0 Å². The first-order chi connectivity index (χ1) is 9.66. The second kappa shape index (κ2) is 5.20. The summed E-state index contributed by atoms with van der Waals surface area (Å²) in [5.74, 6) is 1.45. The van der Waals surface area contributed by atoms with Gasteiger partial charge in [0.2, 0.25) is 0 Å². The van der Waals surface area contributed by atoms with Crippen molar-refractivity contribution in [2.75, 3.05) is 5.32 Å². The third-order valence-electron chi connectivity index (χ3n) is 3.97. The highest BCUT2D eigenvalue weighted by Gasteiger charge is 2.33. The van der Waals surface area contributed by atoms with E-state index in [0.29, 0.717) is 5.92 Å². The van der Waals surface area contributed by atoms with Crippen LogP contribution in [0.5, 0.6) is 5.75 Å². The maximum absolute atomic E-state index is 6.31. The summed E-state index contributed by atoms with van der Waals surface area (Å²) >= 11 is 0. The quantitative estimate of drug-likeness (QED) is 0.861. The number of aryl methyl sites for hydroxylation is 1. The van der Waals surface area contributed by atoms with Crippen LogP contribution in [0.2, 0.25) is 0 Å². The van der Waals surface area contributed by atoms with Crippen LogP contribution in [-0.2, 0) is 0 Å². The molecule has 2 aromatic carbocycles. The maximum Gasteiger partial charge on any atom is 0.144 e. The van der Waals surface area contributed by atoms with Gasteiger partial charge in [0.15, 0.2) is 0 Å². The van der Waals surface area contributed by atoms with Gasteiger partial charge < -0.3 is 10.1 Å². The number of rotatable bonds is 2. The van der Waals surface area contributed by atoms with Crippen LogP contribution in [0.1, 0.15) is 31.1 Å². The first-order valence-electron chi connectivity index (χ1n) is 7.24. The molecule has 1 aliphatic rings. The van der Waals surface area contributed by atoms with Gasteiger partial charge in [0.25, 0.3) is 0 Å². The zero-order valence-corrected chi connectivity index (χ0v) is 12.3. The van der Waals surface area contributed by atoms with E-state index in [2.05, 4.69) is 56.4 Å². The number of benzene rings is 2. The Labute approximate surface area is 120 Å². The average molecular weight is 267 g/mol. The molecule has 3 rings (SSSR count). The van der Waals surface area contributed by atoms with Crippen LogP contribution in [0, 0.1) is 12.8 Å². The van der Waals surface area contributed by atoms with Gasteiger partial charge in [0, 0.05) is 0 Å². The summed E-state index contributed by atoms with van der Waals surface area (Å²) < 4.78 is 6.31. The molecule has 0 bridgehead atoms. The van der Waals surface area contributed by atoms with Gasteiger partial charge in [-0.3, -0.25) is 0 Å². The van der Waals surface area contributed by atoms with Crippen molar-refractivity contribution in [3.63, 3.8) is 0 Å². The fraction of sp³-hybridized carbons (Fsp3) is 0.333. The zero-order chi connectivity index (χ0) is 14.1. The van der Waals surface area contributed by atoms with Crippen molar-refractivity contribution < 1.29 is 4.74 Å². The van der Waals surface area contributed by atoms with Crippen LogP contribution in [0.4, 0.5) is 5.69 Å². The van der Waals surface area contributed by atoms with Crippen LogP contribution < -0.4 is 10.1 Å². The van der Waals surface area contributed by atoms with E-state index in [1.165, 1.54) is 11.1 Å². The fourth-order valence-electron chi connectivity index (χ4n) is 2.81. The van der Waals surface area contributed by atoms with E-state index in [-0.39, 0.29) is 12.1 Å². The Morgan fingerprint density at radius 2 is 1.75 bits per heavy atom. The summed E-state index contributed by atoms with van der Waals surface area (Å²) in [6, 6.07) is 17.0. The lowest BCUT2D eigenvalue weighted by atomic mass is 9.91. The van der Waals surface area contributed by atoms with Crippen molar-refractivity contribution >= 4 is 5.69 Å². The predicted molar refractivity (Wildman–Crippen MR) is 83.2 cm³/mol. The predicted octanol–water partition coefficient (Wildman–Crippen LogP) is 4.57. The van der Waals surface area contributed by atoms with Gasteiger partial charge >= 0.3 is 0 Å². The number of fused-ring (bicyclic) bond motifs is 1. The second-order valence-electron chi connectivity index (χ2n) is 5.81. The van der Waals surface area contributed by atoms with Crippen molar-refractivity contribution in [3.05, 3.63) is 59.7 Å². The van der Waals surface area contributed by atoms with Crippen molar-refractivity contribution in [2.24, 2.45) is 5.92 Å². The van der Waals surface area contributed by atoms with E-state index in [0.717, 1.165) is 11.4 Å². The monoisotopic (exact) mass is 267 g/mol. The third kappa shape index (κ3) is 2.26. The lowest BCUT2D eigenvalue weighted by molar-refractivity contribution is 0.149. The Balaban J connectivity index is 2.02. The van der Waals surface area contributed by atoms with Gasteiger partial charge in [-0.15, -0.1) is 0 Å². The Hall–Kier alpha value is -1.96. The minimum absolute atomic E-state index is 0.0606. The smallest absolute Gasteiger partial charge is 0.144 e. The molecule has 104 valence electrons. The number of nitrogens with one attached hydrogen (secondary N) is 1. The highest BCUT2D eigenvalue weighted by atomic mass is 16.5. The van der Waals surface area contributed by atoms with Gasteiger partial charge in [-0.25, -0.2) is 0 Å². The molecule has 2 unspecified atom stereocenters. The highest BCUT2D eigenvalue weighted by Crippen LogP contribution is 2.41. The summed E-state index contributed by atoms with van der Waals surface area (Å²) in [7, 11) is 0. The molecule has 2 heteroatoms. The molecule has 0 fully saturated rings. The van der Waals surface area contributed by atoms with Gasteiger partial charge in [-0.05, 0) is 30.0 Å². The molecule has 0 saturated carbocycles. The Kier molecular flexibility index (Phi) is 3.39. The van der Waals surface area contributed by atoms with Gasteiger partial charge in [0.05, 0.1) is 11.7 Å². The molecular weight excluding hydrogens is 246 g/mol. The molecule has 1 heterocycles. The van der Waals surface area contributed by atoms with Crippen LogP contribution in [-0.4, -0.2) is 6.04 Å². The van der Waals surface area contributed by atoms with Crippen molar-refractivity contribution in [3.8, 4) is 5.75 Å². The van der Waals surface area contributed by atoms with Crippen molar-refractivity contribution in [2.45, 2.75) is 32.9 Å². The molecule has 0 amide bonds. The topological polar surface area (TPSA) is 21.3 Å². The molecule has 0 spiro atoms. The molecule has 2 atom stereocenters. The Morgan fingerprint density at radius 3 is 2.45 bits per heavy atom. The normalized spacial score (nSPS) is 21.0. The average Bonchev–Trinajstić information content (AvgIpc) is 2.47. The van der Waals surface area contributed by atoms with Crippen LogP contribution in [0.3, 0.4) is 0 Å². The lowest BCUT2D eigenvalue weighted by Gasteiger charge is -2.38. The van der Waals surface area contributed by atoms with E-state index in [4.69, 9.17) is 4.74 Å². The summed E-state index contributed by atoms with van der Waals surface area (Å²) in [5.41, 5.74) is 3.60. The molecule has 0 aromatic heterocycles. The van der Waals surface area contributed by atoms with E-state index in [1.54, 1.807) is 0 Å². The van der Waals surface area contributed by atoms with Crippen LogP contribution in [0.25, 0.3) is 0 Å². The number of para-hydroxylation sites is 1. The van der Waals surface area contributed by atoms with E-state index in [1.807, 2.05) is 18.2 Å². The van der Waals surface area contributed by atoms with E-state index in [9.17, 15) is 0 Å². The minimum atomic E-state index is 0.0606. The number of ether oxygens (including phenoxy) is 1. The first-order valence-corrected chi connectivity index (χ1v) is 7.24. The molecule has 20 heavy (non-hydrogen) atoms. The molecule has 0 saturated heterocycles. The van der Waals surface area contributed by atoms with Gasteiger partial charge in [0.1, 0.15) is 11.9 Å². The summed E-state index contributed by atoms with van der Waals surface area (Å²) in [6.45, 7) is 6.59. The first kappa shape index (κ1) is 13.0. The van der Waals surface area contributed by atoms with E-state index >= 15 is 0 Å². The molecule has 0 aliphatic carbocycles. The molecular formula is C18H21NO. The summed E-state index contributed by atoms with van der Waals surface area (Å²) in [4.78, 5) is 0. The molecule has 1 N–H and O–H groups in total. The highest BCUT2D eigenvalue weighted by molar-refractivity contribution is 5.64. The summed E-state index contributed by atoms with van der Waals surface area (Å²) in [6.07, 6.45) is 0.0606. The standard InChI is InChI=1S/C18H21NO/c1-12(2)16-18(14-9-5-4-6-10-14)20-15-11-7-8-13(3)17(15)19-16/h4-12,16,18-19H,1-3H3.